The number of unbranched alkanes of at least 4 members (excludes halogenated alkanes) is 2. The van der Waals surface area contributed by atoms with Crippen LogP contribution in [0.1, 0.15) is 64.0 Å². The molecule has 0 radical (unpaired) electrons. The van der Waals surface area contributed by atoms with Crippen LogP contribution in [0.3, 0.4) is 0 Å². The van der Waals surface area contributed by atoms with Crippen LogP contribution in [-0.4, -0.2) is 53.6 Å². The Morgan fingerprint density at radius 1 is 0.830 bits per heavy atom. The van der Waals surface area contributed by atoms with Gasteiger partial charge in [-0.2, -0.15) is 0 Å². The molecule has 1 aliphatic rings. The summed E-state index contributed by atoms with van der Waals surface area (Å²) in [5.74, 6) is -0.343. The van der Waals surface area contributed by atoms with Crippen molar-refractivity contribution in [2.75, 3.05) is 26.0 Å². The number of hydrogen-bond donors (Lipinski definition) is 1. The van der Waals surface area contributed by atoms with Gasteiger partial charge in [0.25, 0.3) is 0 Å². The van der Waals surface area contributed by atoms with Crippen LogP contribution in [0.15, 0.2) is 66.9 Å². The number of hydrogen-bond acceptors (Lipinski definition) is 9. The Morgan fingerprint density at radius 3 is 2.19 bits per heavy atom. The minimum absolute atomic E-state index is 0.0154. The van der Waals surface area contributed by atoms with Gasteiger partial charge in [-0.15, -0.1) is 0 Å². The number of thioether (sulfide) groups is 1. The van der Waals surface area contributed by atoms with Crippen molar-refractivity contribution in [3.8, 4) is 23.0 Å². The van der Waals surface area contributed by atoms with Crippen molar-refractivity contribution in [1.82, 2.24) is 10.3 Å². The molecule has 1 heterocycles. The minimum Gasteiger partial charge on any atom is -0.493 e. The number of Topliss-reactive ketones (excluding diaryl/α,β-unsaturated/α-hetero) is 2. The molecule has 1 aliphatic carbocycles. The number of pyridine rings is 1. The number of rotatable bonds is 18. The average molecular weight is 747 g/mol. The van der Waals surface area contributed by atoms with Gasteiger partial charge in [0.1, 0.15) is 11.6 Å². The molecule has 1 aromatic heterocycles. The summed E-state index contributed by atoms with van der Waals surface area (Å²) in [5, 5.41) is 3.40. The largest absolute Gasteiger partial charge is 0.493 e. The van der Waals surface area contributed by atoms with Crippen LogP contribution >= 0.6 is 11.8 Å². The van der Waals surface area contributed by atoms with Crippen molar-refractivity contribution in [3.05, 3.63) is 89.6 Å². The summed E-state index contributed by atoms with van der Waals surface area (Å²) in [7, 11) is 1.52. The van der Waals surface area contributed by atoms with Gasteiger partial charge in [0.05, 0.1) is 30.4 Å². The number of nitrogens with zero attached hydrogens (tertiary/aromatic N) is 1. The van der Waals surface area contributed by atoms with Crippen molar-refractivity contribution >= 4 is 45.3 Å². The van der Waals surface area contributed by atoms with Gasteiger partial charge in [0.2, 0.25) is 5.91 Å². The first-order chi connectivity index (χ1) is 25.3. The van der Waals surface area contributed by atoms with E-state index in [4.69, 9.17) is 14.2 Å². The van der Waals surface area contributed by atoms with Crippen molar-refractivity contribution in [3.63, 3.8) is 0 Å². The molecule has 3 aromatic carbocycles. The predicted molar refractivity (Wildman–Crippen MR) is 200 cm³/mol. The molecule has 12 heteroatoms. The summed E-state index contributed by atoms with van der Waals surface area (Å²) in [5.41, 5.74) is 0.0565. The monoisotopic (exact) mass is 746 g/mol. The second kappa shape index (κ2) is 17.3. The van der Waals surface area contributed by atoms with E-state index in [1.807, 2.05) is 20.8 Å². The summed E-state index contributed by atoms with van der Waals surface area (Å²) in [4.78, 5) is 54.7. The zero-order valence-electron chi connectivity index (χ0n) is 30.4. The third-order valence-electron chi connectivity index (χ3n) is 9.01. The molecule has 0 bridgehead atoms. The van der Waals surface area contributed by atoms with Gasteiger partial charge in [-0.1, -0.05) is 50.7 Å². The lowest BCUT2D eigenvalue weighted by atomic mass is 9.88. The van der Waals surface area contributed by atoms with Gasteiger partial charge >= 0.3 is 0 Å². The second-order valence-electron chi connectivity index (χ2n) is 14.2. The lowest BCUT2D eigenvalue weighted by Gasteiger charge is -2.15. The SMILES string of the molecule is COc1cc2c(Oc3ccc(CC(=O)C4(C(=O)Cc5ccc(F)cc5)CC4)cc3F)ccnc2cc1OCCCCCNC(=O)CSC(=O)C(C)(C)C. The van der Waals surface area contributed by atoms with E-state index in [9.17, 15) is 23.6 Å². The zero-order valence-corrected chi connectivity index (χ0v) is 31.2. The Kier molecular flexibility index (Phi) is 12.9. The Labute approximate surface area is 312 Å². The summed E-state index contributed by atoms with van der Waals surface area (Å²) in [6.45, 7) is 6.40. The fourth-order valence-corrected chi connectivity index (χ4v) is 6.50. The number of fused-ring (bicyclic) bond motifs is 1. The van der Waals surface area contributed by atoms with E-state index >= 15 is 4.39 Å². The lowest BCUT2D eigenvalue weighted by Crippen LogP contribution is -2.28. The Hall–Kier alpha value is -4.84. The fraction of sp³-hybridized carbons (Fsp3) is 0.390. The number of nitrogens with one attached hydrogen (secondary N) is 1. The van der Waals surface area contributed by atoms with Crippen LogP contribution < -0.4 is 19.5 Å². The molecule has 9 nitrogen and oxygen atoms in total. The van der Waals surface area contributed by atoms with E-state index < -0.39 is 22.5 Å². The normalized spacial score (nSPS) is 13.3. The van der Waals surface area contributed by atoms with E-state index in [1.165, 1.54) is 43.5 Å². The third kappa shape index (κ3) is 10.4. The summed E-state index contributed by atoms with van der Waals surface area (Å²) < 4.78 is 46.2. The first-order valence-electron chi connectivity index (χ1n) is 17.6. The van der Waals surface area contributed by atoms with E-state index in [1.54, 1.807) is 30.5 Å². The van der Waals surface area contributed by atoms with Gasteiger partial charge < -0.3 is 19.5 Å². The van der Waals surface area contributed by atoms with Crippen molar-refractivity contribution in [2.45, 2.75) is 65.7 Å². The molecule has 1 N–H and O–H groups in total. The van der Waals surface area contributed by atoms with Crippen LogP contribution in [0.2, 0.25) is 0 Å². The van der Waals surface area contributed by atoms with Crippen molar-refractivity contribution < 1.29 is 42.2 Å². The average Bonchev–Trinajstić information content (AvgIpc) is 3.94. The maximum absolute atomic E-state index is 15.4. The molecule has 53 heavy (non-hydrogen) atoms. The molecule has 0 unspecified atom stereocenters. The first kappa shape index (κ1) is 39.4. The number of carbonyl (C=O) groups is 4. The second-order valence-corrected chi connectivity index (χ2v) is 15.1. The number of amides is 1. The highest BCUT2D eigenvalue weighted by atomic mass is 32.2. The highest BCUT2D eigenvalue weighted by Gasteiger charge is 2.54. The number of methoxy groups -OCH3 is 1. The number of aromatic nitrogens is 1. The van der Waals surface area contributed by atoms with Crippen LogP contribution in [0.4, 0.5) is 8.78 Å². The van der Waals surface area contributed by atoms with Gasteiger partial charge in [-0.05, 0) is 79.6 Å². The highest BCUT2D eigenvalue weighted by molar-refractivity contribution is 8.14. The lowest BCUT2D eigenvalue weighted by molar-refractivity contribution is -0.134. The summed E-state index contributed by atoms with van der Waals surface area (Å²) in [6.07, 6.45) is 4.70. The fourth-order valence-electron chi connectivity index (χ4n) is 5.71. The van der Waals surface area contributed by atoms with Crippen molar-refractivity contribution in [2.24, 2.45) is 10.8 Å². The number of carbonyl (C=O) groups excluding carboxylic acids is 4. The van der Waals surface area contributed by atoms with Gasteiger partial charge in [0, 0.05) is 42.5 Å². The number of halogens is 2. The molecule has 1 fully saturated rings. The zero-order chi connectivity index (χ0) is 38.2. The molecule has 5 rings (SSSR count). The number of ether oxygens (including phenoxy) is 3. The number of ketones is 2. The van der Waals surface area contributed by atoms with E-state index in [0.29, 0.717) is 65.3 Å². The Bertz CT molecular complexity index is 1970. The third-order valence-corrected chi connectivity index (χ3v) is 10.3. The maximum atomic E-state index is 15.4. The molecule has 4 aromatic rings. The summed E-state index contributed by atoms with van der Waals surface area (Å²) in [6, 6.07) is 15.0. The molecule has 0 spiro atoms. The van der Waals surface area contributed by atoms with Crippen LogP contribution in [0.5, 0.6) is 23.0 Å². The number of benzene rings is 3. The van der Waals surface area contributed by atoms with Gasteiger partial charge in [0.15, 0.2) is 39.7 Å². The molecule has 0 saturated heterocycles. The molecular formula is C41H44F2N2O7S. The summed E-state index contributed by atoms with van der Waals surface area (Å²) >= 11 is 1.03. The topological polar surface area (TPSA) is 121 Å². The van der Waals surface area contributed by atoms with Gasteiger partial charge in [-0.25, -0.2) is 8.78 Å². The molecular weight excluding hydrogens is 703 g/mol. The molecule has 1 saturated carbocycles. The first-order valence-corrected chi connectivity index (χ1v) is 18.6. The Balaban J connectivity index is 1.13. The van der Waals surface area contributed by atoms with E-state index in [-0.39, 0.29) is 46.9 Å². The van der Waals surface area contributed by atoms with E-state index in [2.05, 4.69) is 10.3 Å². The predicted octanol–water partition coefficient (Wildman–Crippen LogP) is 7.99. The van der Waals surface area contributed by atoms with Crippen molar-refractivity contribution in [1.29, 1.82) is 0 Å². The molecule has 0 atom stereocenters. The van der Waals surface area contributed by atoms with Crippen LogP contribution in [0, 0.1) is 22.5 Å². The molecule has 0 aliphatic heterocycles. The molecule has 1 amide bonds. The standard InChI is InChI=1S/C41H44F2N2O7S/c1-40(2,3)39(49)53-25-38(48)45-17-6-5-7-19-51-35-24-31-29(23-34(35)50-4)32(14-18-44-31)52-33-13-10-27(20-30(33)43)22-37(47)41(15-16-41)36(46)21-26-8-11-28(42)12-9-26/h8-14,18,20,23-24H,5-7,15-17,19,21-22,25H2,1-4H3,(H,45,48). The van der Waals surface area contributed by atoms with Crippen LogP contribution in [0.25, 0.3) is 10.9 Å². The quantitative estimate of drug-likeness (QED) is 0.0798. The van der Waals surface area contributed by atoms with Crippen LogP contribution in [-0.2, 0) is 32.0 Å². The van der Waals surface area contributed by atoms with E-state index in [0.717, 1.165) is 31.0 Å². The Morgan fingerprint density at radius 2 is 1.53 bits per heavy atom. The molecule has 280 valence electrons. The highest BCUT2D eigenvalue weighted by Crippen LogP contribution is 2.49. The van der Waals surface area contributed by atoms with Gasteiger partial charge in [-0.3, -0.25) is 24.2 Å². The maximum Gasteiger partial charge on any atom is 0.230 e. The minimum atomic E-state index is -1.08. The smallest absolute Gasteiger partial charge is 0.230 e.